The number of hydrogen-bond acceptors (Lipinski definition) is 2. The standard InChI is InChI=1S/C11H15BrO2/c1-2-3-6-14-11-7-10(12)5-4-9(11)8-13/h4-5,7,13H,2-3,6,8H2,1H3. The second-order valence-electron chi connectivity index (χ2n) is 3.11. The van der Waals surface area contributed by atoms with E-state index in [0.717, 1.165) is 28.6 Å². The van der Waals surface area contributed by atoms with Crippen molar-refractivity contribution in [1.29, 1.82) is 0 Å². The Hall–Kier alpha value is -0.540. The topological polar surface area (TPSA) is 29.5 Å². The molecule has 1 N–H and O–H groups in total. The lowest BCUT2D eigenvalue weighted by Crippen LogP contribution is -1.99. The van der Waals surface area contributed by atoms with Gasteiger partial charge in [-0.25, -0.2) is 0 Å². The van der Waals surface area contributed by atoms with E-state index >= 15 is 0 Å². The Bertz CT molecular complexity index is 287. The van der Waals surface area contributed by atoms with Gasteiger partial charge >= 0.3 is 0 Å². The summed E-state index contributed by atoms with van der Waals surface area (Å²) in [6, 6.07) is 5.66. The van der Waals surface area contributed by atoms with Crippen molar-refractivity contribution in [2.75, 3.05) is 6.61 Å². The van der Waals surface area contributed by atoms with Gasteiger partial charge < -0.3 is 9.84 Å². The summed E-state index contributed by atoms with van der Waals surface area (Å²) in [7, 11) is 0. The molecule has 0 aromatic heterocycles. The molecule has 78 valence electrons. The van der Waals surface area contributed by atoms with E-state index in [4.69, 9.17) is 9.84 Å². The Kier molecular flexibility index (Phi) is 4.98. The van der Waals surface area contributed by atoms with Crippen LogP contribution in [0.15, 0.2) is 22.7 Å². The zero-order chi connectivity index (χ0) is 10.4. The fourth-order valence-corrected chi connectivity index (χ4v) is 1.46. The normalized spacial score (nSPS) is 10.2. The molecule has 0 atom stereocenters. The van der Waals surface area contributed by atoms with Crippen LogP contribution in [0, 0.1) is 0 Å². The van der Waals surface area contributed by atoms with Gasteiger partial charge in [-0.2, -0.15) is 0 Å². The summed E-state index contributed by atoms with van der Waals surface area (Å²) in [6.45, 7) is 2.85. The maximum atomic E-state index is 9.07. The van der Waals surface area contributed by atoms with Crippen LogP contribution in [0.3, 0.4) is 0 Å². The highest BCUT2D eigenvalue weighted by Crippen LogP contribution is 2.23. The molecule has 0 unspecified atom stereocenters. The molecule has 0 spiro atoms. The van der Waals surface area contributed by atoms with Gasteiger partial charge in [-0.05, 0) is 18.6 Å². The maximum Gasteiger partial charge on any atom is 0.125 e. The lowest BCUT2D eigenvalue weighted by molar-refractivity contribution is 0.261. The minimum Gasteiger partial charge on any atom is -0.493 e. The van der Waals surface area contributed by atoms with Crippen LogP contribution in [0.25, 0.3) is 0 Å². The molecule has 0 aliphatic carbocycles. The fourth-order valence-electron chi connectivity index (χ4n) is 1.12. The second-order valence-corrected chi connectivity index (χ2v) is 4.03. The largest absolute Gasteiger partial charge is 0.493 e. The van der Waals surface area contributed by atoms with Gasteiger partial charge in [0.1, 0.15) is 5.75 Å². The number of hydrogen-bond donors (Lipinski definition) is 1. The van der Waals surface area contributed by atoms with Crippen LogP contribution in [0.5, 0.6) is 5.75 Å². The molecular weight excluding hydrogens is 244 g/mol. The smallest absolute Gasteiger partial charge is 0.125 e. The average Bonchev–Trinajstić information content (AvgIpc) is 2.19. The van der Waals surface area contributed by atoms with E-state index in [9.17, 15) is 0 Å². The predicted molar refractivity (Wildman–Crippen MR) is 60.5 cm³/mol. The second kappa shape index (κ2) is 6.04. The highest BCUT2D eigenvalue weighted by atomic mass is 79.9. The number of aliphatic hydroxyl groups excluding tert-OH is 1. The summed E-state index contributed by atoms with van der Waals surface area (Å²) < 4.78 is 6.53. The van der Waals surface area contributed by atoms with E-state index < -0.39 is 0 Å². The van der Waals surface area contributed by atoms with E-state index in [1.54, 1.807) is 0 Å². The predicted octanol–water partition coefficient (Wildman–Crippen LogP) is 3.12. The molecule has 14 heavy (non-hydrogen) atoms. The Labute approximate surface area is 93.0 Å². The number of rotatable bonds is 5. The zero-order valence-electron chi connectivity index (χ0n) is 8.29. The van der Waals surface area contributed by atoms with Crippen LogP contribution >= 0.6 is 15.9 Å². The highest BCUT2D eigenvalue weighted by Gasteiger charge is 2.02. The lowest BCUT2D eigenvalue weighted by atomic mass is 10.2. The Morgan fingerprint density at radius 1 is 1.43 bits per heavy atom. The Morgan fingerprint density at radius 3 is 2.86 bits per heavy atom. The third-order valence-corrected chi connectivity index (χ3v) is 2.45. The number of benzene rings is 1. The summed E-state index contributed by atoms with van der Waals surface area (Å²) in [4.78, 5) is 0. The van der Waals surface area contributed by atoms with Gasteiger partial charge in [0.05, 0.1) is 13.2 Å². The highest BCUT2D eigenvalue weighted by molar-refractivity contribution is 9.10. The summed E-state index contributed by atoms with van der Waals surface area (Å²) in [6.07, 6.45) is 2.15. The molecule has 0 bridgehead atoms. The molecule has 0 amide bonds. The van der Waals surface area contributed by atoms with Crippen LogP contribution in [0.1, 0.15) is 25.3 Å². The zero-order valence-corrected chi connectivity index (χ0v) is 9.88. The summed E-state index contributed by atoms with van der Waals surface area (Å²) in [5.74, 6) is 0.773. The van der Waals surface area contributed by atoms with E-state index in [1.165, 1.54) is 0 Å². The molecule has 1 rings (SSSR count). The van der Waals surface area contributed by atoms with Gasteiger partial charge in [-0.15, -0.1) is 0 Å². The van der Waals surface area contributed by atoms with Crippen LogP contribution in [0.2, 0.25) is 0 Å². The van der Waals surface area contributed by atoms with Crippen molar-refractivity contribution in [3.05, 3.63) is 28.2 Å². The molecule has 0 heterocycles. The summed E-state index contributed by atoms with van der Waals surface area (Å²) in [5, 5.41) is 9.07. The van der Waals surface area contributed by atoms with Crippen molar-refractivity contribution in [2.45, 2.75) is 26.4 Å². The van der Waals surface area contributed by atoms with E-state index in [1.807, 2.05) is 18.2 Å². The maximum absolute atomic E-state index is 9.07. The SMILES string of the molecule is CCCCOc1cc(Br)ccc1CO. The molecule has 1 aromatic rings. The van der Waals surface area contributed by atoms with Crippen molar-refractivity contribution >= 4 is 15.9 Å². The van der Waals surface area contributed by atoms with Crippen LogP contribution in [-0.4, -0.2) is 11.7 Å². The Balaban J connectivity index is 2.67. The minimum atomic E-state index is 0.0226. The number of unbranched alkanes of at least 4 members (excludes halogenated alkanes) is 1. The molecule has 1 aromatic carbocycles. The molecule has 0 aliphatic heterocycles. The van der Waals surface area contributed by atoms with Gasteiger partial charge in [-0.1, -0.05) is 35.3 Å². The third-order valence-electron chi connectivity index (χ3n) is 1.96. The molecule has 2 nitrogen and oxygen atoms in total. The number of aliphatic hydroxyl groups is 1. The first-order valence-corrected chi connectivity index (χ1v) is 5.59. The van der Waals surface area contributed by atoms with Crippen LogP contribution in [0.4, 0.5) is 0 Å². The van der Waals surface area contributed by atoms with Crippen molar-refractivity contribution in [2.24, 2.45) is 0 Å². The lowest BCUT2D eigenvalue weighted by Gasteiger charge is -2.09. The fraction of sp³-hybridized carbons (Fsp3) is 0.455. The van der Waals surface area contributed by atoms with Gasteiger partial charge in [0.25, 0.3) is 0 Å². The van der Waals surface area contributed by atoms with Crippen molar-refractivity contribution in [3.63, 3.8) is 0 Å². The van der Waals surface area contributed by atoms with Gasteiger partial charge in [0.15, 0.2) is 0 Å². The van der Waals surface area contributed by atoms with E-state index in [-0.39, 0.29) is 6.61 Å². The van der Waals surface area contributed by atoms with Crippen molar-refractivity contribution in [1.82, 2.24) is 0 Å². The van der Waals surface area contributed by atoms with E-state index in [0.29, 0.717) is 6.61 Å². The molecule has 0 saturated carbocycles. The first-order valence-electron chi connectivity index (χ1n) is 4.80. The summed E-state index contributed by atoms with van der Waals surface area (Å²) in [5.41, 5.74) is 0.837. The first-order chi connectivity index (χ1) is 6.77. The third kappa shape index (κ3) is 3.31. The van der Waals surface area contributed by atoms with Gasteiger partial charge in [0.2, 0.25) is 0 Å². The quantitative estimate of drug-likeness (QED) is 0.823. The van der Waals surface area contributed by atoms with Crippen molar-refractivity contribution in [3.8, 4) is 5.75 Å². The molecule has 3 heteroatoms. The monoisotopic (exact) mass is 258 g/mol. The Morgan fingerprint density at radius 2 is 2.21 bits per heavy atom. The number of ether oxygens (including phenoxy) is 1. The van der Waals surface area contributed by atoms with Gasteiger partial charge in [-0.3, -0.25) is 0 Å². The first kappa shape index (κ1) is 11.5. The molecular formula is C11H15BrO2. The molecule has 0 aliphatic rings. The van der Waals surface area contributed by atoms with Crippen LogP contribution in [-0.2, 0) is 6.61 Å². The molecule has 0 fully saturated rings. The molecule has 0 radical (unpaired) electrons. The van der Waals surface area contributed by atoms with E-state index in [2.05, 4.69) is 22.9 Å². The average molecular weight is 259 g/mol. The minimum absolute atomic E-state index is 0.0226. The van der Waals surface area contributed by atoms with Crippen molar-refractivity contribution < 1.29 is 9.84 Å². The summed E-state index contributed by atoms with van der Waals surface area (Å²) >= 11 is 3.37. The molecule has 0 saturated heterocycles. The van der Waals surface area contributed by atoms with Gasteiger partial charge in [0, 0.05) is 10.0 Å². The number of halogens is 1. The van der Waals surface area contributed by atoms with Crippen LogP contribution < -0.4 is 4.74 Å².